The topological polar surface area (TPSA) is 29.1 Å². The van der Waals surface area contributed by atoms with Crippen LogP contribution in [0.25, 0.3) is 0 Å². The maximum absolute atomic E-state index is 12.8. The van der Waals surface area contributed by atoms with Crippen LogP contribution in [-0.4, -0.2) is 11.2 Å². The third-order valence-corrected chi connectivity index (χ3v) is 4.24. The molecule has 0 saturated heterocycles. The Labute approximate surface area is 126 Å². The monoisotopic (exact) mass is 309 g/mol. The number of amides is 1. The van der Waals surface area contributed by atoms with Crippen LogP contribution >= 0.6 is 23.4 Å². The Morgan fingerprint density at radius 2 is 1.85 bits per heavy atom. The lowest BCUT2D eigenvalue weighted by Crippen LogP contribution is -2.22. The fourth-order valence-electron chi connectivity index (χ4n) is 1.56. The molecule has 0 aliphatic heterocycles. The molecular formula is C15H13ClFNOS. The summed E-state index contributed by atoms with van der Waals surface area (Å²) in [5, 5.41) is 3.06. The van der Waals surface area contributed by atoms with Crippen LogP contribution in [0.5, 0.6) is 0 Å². The van der Waals surface area contributed by atoms with Gasteiger partial charge in [0.25, 0.3) is 0 Å². The number of nitrogens with one attached hydrogen (secondary N) is 1. The van der Waals surface area contributed by atoms with Gasteiger partial charge in [-0.1, -0.05) is 23.7 Å². The lowest BCUT2D eigenvalue weighted by atomic mass is 10.3. The van der Waals surface area contributed by atoms with Crippen LogP contribution in [0.4, 0.5) is 10.1 Å². The number of rotatable bonds is 4. The van der Waals surface area contributed by atoms with Crippen molar-refractivity contribution in [2.45, 2.75) is 17.1 Å². The van der Waals surface area contributed by atoms with E-state index in [1.165, 1.54) is 36.0 Å². The minimum absolute atomic E-state index is 0.151. The summed E-state index contributed by atoms with van der Waals surface area (Å²) in [5.41, 5.74) is 0.572. The maximum atomic E-state index is 12.8. The van der Waals surface area contributed by atoms with Gasteiger partial charge in [0.2, 0.25) is 5.91 Å². The molecule has 0 radical (unpaired) electrons. The Kier molecular flexibility index (Phi) is 5.04. The SMILES string of the molecule is C[C@@H](Sc1ccccc1Cl)C(=O)Nc1ccc(F)cc1. The Morgan fingerprint density at radius 3 is 2.50 bits per heavy atom. The maximum Gasteiger partial charge on any atom is 0.237 e. The minimum atomic E-state index is -0.332. The number of hydrogen-bond acceptors (Lipinski definition) is 2. The summed E-state index contributed by atoms with van der Waals surface area (Å²) in [6, 6.07) is 13.0. The van der Waals surface area contributed by atoms with Crippen molar-refractivity contribution in [3.8, 4) is 0 Å². The fraction of sp³-hybridized carbons (Fsp3) is 0.133. The predicted molar refractivity (Wildman–Crippen MR) is 81.8 cm³/mol. The van der Waals surface area contributed by atoms with Gasteiger partial charge in [-0.25, -0.2) is 4.39 Å². The van der Waals surface area contributed by atoms with Crippen LogP contribution < -0.4 is 5.32 Å². The zero-order valence-electron chi connectivity index (χ0n) is 10.8. The van der Waals surface area contributed by atoms with Crippen LogP contribution in [-0.2, 0) is 4.79 Å². The molecule has 0 fully saturated rings. The van der Waals surface area contributed by atoms with E-state index in [4.69, 9.17) is 11.6 Å². The molecule has 2 rings (SSSR count). The molecule has 0 aliphatic carbocycles. The minimum Gasteiger partial charge on any atom is -0.325 e. The van der Waals surface area contributed by atoms with E-state index in [-0.39, 0.29) is 17.0 Å². The highest BCUT2D eigenvalue weighted by atomic mass is 35.5. The molecule has 0 aromatic heterocycles. The molecule has 1 N–H and O–H groups in total. The molecule has 0 heterocycles. The first-order valence-corrected chi connectivity index (χ1v) is 7.29. The Balaban J connectivity index is 1.99. The van der Waals surface area contributed by atoms with E-state index in [0.29, 0.717) is 10.7 Å². The predicted octanol–water partition coefficient (Wildman–Crippen LogP) is 4.60. The van der Waals surface area contributed by atoms with E-state index in [0.717, 1.165) is 4.90 Å². The quantitative estimate of drug-likeness (QED) is 0.836. The molecule has 0 aliphatic rings. The fourth-order valence-corrected chi connectivity index (χ4v) is 2.72. The van der Waals surface area contributed by atoms with E-state index in [2.05, 4.69) is 5.32 Å². The summed E-state index contributed by atoms with van der Waals surface area (Å²) in [4.78, 5) is 12.9. The normalized spacial score (nSPS) is 11.9. The van der Waals surface area contributed by atoms with Crippen molar-refractivity contribution in [2.24, 2.45) is 0 Å². The number of anilines is 1. The molecule has 0 spiro atoms. The second-order valence-electron chi connectivity index (χ2n) is 4.19. The van der Waals surface area contributed by atoms with Gasteiger partial charge in [-0.3, -0.25) is 4.79 Å². The first kappa shape index (κ1) is 14.9. The first-order valence-electron chi connectivity index (χ1n) is 6.04. The molecule has 2 nitrogen and oxygen atoms in total. The van der Waals surface area contributed by atoms with Gasteiger partial charge in [0.15, 0.2) is 0 Å². The van der Waals surface area contributed by atoms with Gasteiger partial charge in [0, 0.05) is 10.6 Å². The van der Waals surface area contributed by atoms with Crippen molar-refractivity contribution >= 4 is 35.0 Å². The van der Waals surface area contributed by atoms with Gasteiger partial charge in [-0.15, -0.1) is 11.8 Å². The van der Waals surface area contributed by atoms with Crippen LogP contribution in [0.2, 0.25) is 5.02 Å². The number of benzene rings is 2. The zero-order chi connectivity index (χ0) is 14.5. The van der Waals surface area contributed by atoms with Crippen LogP contribution in [0.1, 0.15) is 6.92 Å². The standard InChI is InChI=1S/C15H13ClFNOS/c1-10(20-14-5-3-2-4-13(14)16)15(19)18-12-8-6-11(17)7-9-12/h2-10H,1H3,(H,18,19)/t10-/m1/s1. The molecule has 0 unspecified atom stereocenters. The molecule has 2 aromatic carbocycles. The van der Waals surface area contributed by atoms with Crippen LogP contribution in [0.3, 0.4) is 0 Å². The molecule has 1 atom stereocenters. The second-order valence-corrected chi connectivity index (χ2v) is 5.98. The number of carbonyl (C=O) groups is 1. The van der Waals surface area contributed by atoms with Gasteiger partial charge < -0.3 is 5.32 Å². The molecule has 1 amide bonds. The van der Waals surface area contributed by atoms with Crippen molar-refractivity contribution in [3.63, 3.8) is 0 Å². The van der Waals surface area contributed by atoms with Crippen LogP contribution in [0, 0.1) is 5.82 Å². The third kappa shape index (κ3) is 3.99. The summed E-state index contributed by atoms with van der Waals surface area (Å²) in [7, 11) is 0. The number of halogens is 2. The zero-order valence-corrected chi connectivity index (χ0v) is 12.3. The van der Waals surface area contributed by atoms with Gasteiger partial charge in [0.05, 0.1) is 10.3 Å². The highest BCUT2D eigenvalue weighted by Gasteiger charge is 2.15. The van der Waals surface area contributed by atoms with Crippen molar-refractivity contribution in [1.29, 1.82) is 0 Å². The van der Waals surface area contributed by atoms with E-state index < -0.39 is 0 Å². The number of thioether (sulfide) groups is 1. The van der Waals surface area contributed by atoms with Gasteiger partial charge in [-0.05, 0) is 43.3 Å². The summed E-state index contributed by atoms with van der Waals surface area (Å²) < 4.78 is 12.8. The smallest absolute Gasteiger partial charge is 0.237 e. The van der Waals surface area contributed by atoms with Crippen molar-refractivity contribution in [1.82, 2.24) is 0 Å². The summed E-state index contributed by atoms with van der Waals surface area (Å²) >= 11 is 7.44. The average molecular weight is 310 g/mol. The van der Waals surface area contributed by atoms with E-state index in [1.54, 1.807) is 13.0 Å². The Bertz CT molecular complexity index is 603. The van der Waals surface area contributed by atoms with Crippen molar-refractivity contribution in [3.05, 3.63) is 59.4 Å². The summed E-state index contributed by atoms with van der Waals surface area (Å²) in [5.74, 6) is -0.483. The van der Waals surface area contributed by atoms with Gasteiger partial charge in [-0.2, -0.15) is 0 Å². The van der Waals surface area contributed by atoms with Crippen LogP contribution in [0.15, 0.2) is 53.4 Å². The molecule has 0 saturated carbocycles. The highest BCUT2D eigenvalue weighted by Crippen LogP contribution is 2.30. The third-order valence-electron chi connectivity index (χ3n) is 2.62. The lowest BCUT2D eigenvalue weighted by Gasteiger charge is -2.12. The van der Waals surface area contributed by atoms with E-state index in [9.17, 15) is 9.18 Å². The van der Waals surface area contributed by atoms with E-state index >= 15 is 0 Å². The highest BCUT2D eigenvalue weighted by molar-refractivity contribution is 8.00. The van der Waals surface area contributed by atoms with Crippen molar-refractivity contribution in [2.75, 3.05) is 5.32 Å². The largest absolute Gasteiger partial charge is 0.325 e. The lowest BCUT2D eigenvalue weighted by molar-refractivity contribution is -0.115. The summed E-state index contributed by atoms with van der Waals surface area (Å²) in [6.07, 6.45) is 0. The number of carbonyl (C=O) groups excluding carboxylic acids is 1. The number of hydrogen-bond donors (Lipinski definition) is 1. The van der Waals surface area contributed by atoms with E-state index in [1.807, 2.05) is 18.2 Å². The van der Waals surface area contributed by atoms with Gasteiger partial charge in [0.1, 0.15) is 5.82 Å². The molecule has 104 valence electrons. The molecule has 5 heteroatoms. The Hall–Kier alpha value is -1.52. The summed E-state index contributed by atoms with van der Waals surface area (Å²) in [6.45, 7) is 1.80. The molecule has 20 heavy (non-hydrogen) atoms. The van der Waals surface area contributed by atoms with Crippen molar-refractivity contribution < 1.29 is 9.18 Å². The second kappa shape index (κ2) is 6.77. The first-order chi connectivity index (χ1) is 9.56. The molecule has 2 aromatic rings. The molecular weight excluding hydrogens is 297 g/mol. The Morgan fingerprint density at radius 1 is 1.20 bits per heavy atom. The molecule has 0 bridgehead atoms. The van der Waals surface area contributed by atoms with Gasteiger partial charge >= 0.3 is 0 Å². The average Bonchev–Trinajstić information content (AvgIpc) is 2.44.